The molecule has 8 heteroatoms. The molecule has 168 valence electrons. The number of nitrogens with zero attached hydrogens (tertiary/aromatic N) is 2. The lowest BCUT2D eigenvalue weighted by molar-refractivity contribution is -0.135. The molecule has 0 saturated carbocycles. The van der Waals surface area contributed by atoms with Gasteiger partial charge in [0.05, 0.1) is 5.75 Å². The Morgan fingerprint density at radius 1 is 1.03 bits per heavy atom. The van der Waals surface area contributed by atoms with Crippen molar-refractivity contribution in [3.63, 3.8) is 0 Å². The summed E-state index contributed by atoms with van der Waals surface area (Å²) >= 11 is 0. The molecule has 1 aliphatic rings. The van der Waals surface area contributed by atoms with Crippen molar-refractivity contribution in [3.05, 3.63) is 83.9 Å². The van der Waals surface area contributed by atoms with Crippen molar-refractivity contribution in [2.45, 2.75) is 19.9 Å². The Morgan fingerprint density at radius 2 is 1.55 bits per heavy atom. The first-order valence-corrected chi connectivity index (χ1v) is 11.7. The predicted octanol–water partition coefficient (Wildman–Crippen LogP) is 2.67. The van der Waals surface area contributed by atoms with E-state index in [0.29, 0.717) is 26.2 Å². The number of nitrogens with one attached hydrogen (secondary N) is 1. The standard InChI is InChI=1S/C15H21N3O4S.C8H10/c1-2-12-23(21,22)18-10-8-17(9-11-18)14(15(19)16-20)13-6-4-3-5-7-13;1-7-3-5-8(2)6-4-7/h2-7,14,20H,1,8-12H2,(H,16,19);3-6H,1-2H3. The van der Waals surface area contributed by atoms with Crippen LogP contribution in [-0.2, 0) is 14.8 Å². The topological polar surface area (TPSA) is 90.0 Å². The summed E-state index contributed by atoms with van der Waals surface area (Å²) < 4.78 is 25.5. The molecule has 1 amide bonds. The third-order valence-corrected chi connectivity index (χ3v) is 6.86. The second-order valence-corrected chi connectivity index (χ2v) is 9.46. The fourth-order valence-electron chi connectivity index (χ4n) is 3.36. The van der Waals surface area contributed by atoms with Crippen molar-refractivity contribution in [1.29, 1.82) is 0 Å². The number of sulfonamides is 1. The van der Waals surface area contributed by atoms with Crippen molar-refractivity contribution in [2.75, 3.05) is 31.9 Å². The van der Waals surface area contributed by atoms with Gasteiger partial charge in [0, 0.05) is 26.2 Å². The lowest BCUT2D eigenvalue weighted by Crippen LogP contribution is -2.52. The van der Waals surface area contributed by atoms with Crippen LogP contribution < -0.4 is 5.48 Å². The van der Waals surface area contributed by atoms with Crippen molar-refractivity contribution in [1.82, 2.24) is 14.7 Å². The molecule has 1 heterocycles. The maximum Gasteiger partial charge on any atom is 0.265 e. The molecule has 2 N–H and O–H groups in total. The second-order valence-electron chi connectivity index (χ2n) is 7.45. The number of amides is 1. The van der Waals surface area contributed by atoms with E-state index in [1.807, 2.05) is 23.1 Å². The number of hydroxylamine groups is 1. The summed E-state index contributed by atoms with van der Waals surface area (Å²) in [6.07, 6.45) is 1.37. The minimum absolute atomic E-state index is 0.0910. The Balaban J connectivity index is 0.000000357. The van der Waals surface area contributed by atoms with Gasteiger partial charge in [0.25, 0.3) is 5.91 Å². The molecule has 0 spiro atoms. The summed E-state index contributed by atoms with van der Waals surface area (Å²) in [6, 6.07) is 16.9. The van der Waals surface area contributed by atoms with Crippen LogP contribution in [-0.4, -0.2) is 60.7 Å². The van der Waals surface area contributed by atoms with Crippen LogP contribution in [0.3, 0.4) is 0 Å². The fraction of sp³-hybridized carbons (Fsp3) is 0.348. The van der Waals surface area contributed by atoms with E-state index >= 15 is 0 Å². The maximum atomic E-state index is 12.0. The van der Waals surface area contributed by atoms with Crippen LogP contribution in [0.5, 0.6) is 0 Å². The molecule has 2 aromatic rings. The summed E-state index contributed by atoms with van der Waals surface area (Å²) in [4.78, 5) is 13.9. The van der Waals surface area contributed by atoms with Gasteiger partial charge in [-0.2, -0.15) is 4.31 Å². The zero-order valence-corrected chi connectivity index (χ0v) is 18.9. The van der Waals surface area contributed by atoms with E-state index < -0.39 is 22.0 Å². The van der Waals surface area contributed by atoms with E-state index in [4.69, 9.17) is 5.21 Å². The number of hydrogen-bond donors (Lipinski definition) is 2. The highest BCUT2D eigenvalue weighted by Gasteiger charge is 2.33. The minimum atomic E-state index is -3.33. The van der Waals surface area contributed by atoms with Crippen molar-refractivity contribution < 1.29 is 18.4 Å². The van der Waals surface area contributed by atoms with Crippen molar-refractivity contribution in [2.24, 2.45) is 0 Å². The van der Waals surface area contributed by atoms with Crippen molar-refractivity contribution >= 4 is 15.9 Å². The van der Waals surface area contributed by atoms with Crippen molar-refractivity contribution in [3.8, 4) is 0 Å². The Morgan fingerprint density at radius 3 is 2.00 bits per heavy atom. The van der Waals surface area contributed by atoms with Crippen LogP contribution in [0.25, 0.3) is 0 Å². The van der Waals surface area contributed by atoms with Gasteiger partial charge < -0.3 is 0 Å². The number of piperazine rings is 1. The first-order valence-electron chi connectivity index (χ1n) is 10.1. The molecule has 1 saturated heterocycles. The Bertz CT molecular complexity index is 918. The van der Waals surface area contributed by atoms with Gasteiger partial charge >= 0.3 is 0 Å². The van der Waals surface area contributed by atoms with Gasteiger partial charge in [-0.05, 0) is 19.4 Å². The summed E-state index contributed by atoms with van der Waals surface area (Å²) in [5.74, 6) is -0.620. The maximum absolute atomic E-state index is 12.0. The lowest BCUT2D eigenvalue weighted by Gasteiger charge is -2.37. The van der Waals surface area contributed by atoms with Gasteiger partial charge in [0.15, 0.2) is 0 Å². The number of rotatable bonds is 6. The van der Waals surface area contributed by atoms with Crippen LogP contribution in [0.15, 0.2) is 67.3 Å². The largest absolute Gasteiger partial charge is 0.289 e. The number of carbonyl (C=O) groups excluding carboxylic acids is 1. The molecule has 1 atom stereocenters. The smallest absolute Gasteiger partial charge is 0.265 e. The minimum Gasteiger partial charge on any atom is -0.289 e. The van der Waals surface area contributed by atoms with E-state index in [-0.39, 0.29) is 5.75 Å². The third-order valence-electron chi connectivity index (χ3n) is 5.05. The highest BCUT2D eigenvalue weighted by atomic mass is 32.2. The van der Waals surface area contributed by atoms with Gasteiger partial charge in [-0.1, -0.05) is 71.8 Å². The lowest BCUT2D eigenvalue weighted by atomic mass is 10.0. The van der Waals surface area contributed by atoms with E-state index in [9.17, 15) is 13.2 Å². The van der Waals surface area contributed by atoms with E-state index in [2.05, 4.69) is 44.7 Å². The average molecular weight is 446 g/mol. The molecule has 1 fully saturated rings. The Labute approximate surface area is 185 Å². The molecule has 1 unspecified atom stereocenters. The zero-order chi connectivity index (χ0) is 22.9. The number of hydrogen-bond acceptors (Lipinski definition) is 5. The number of benzene rings is 2. The molecule has 7 nitrogen and oxygen atoms in total. The van der Waals surface area contributed by atoms with Gasteiger partial charge in [0.1, 0.15) is 6.04 Å². The Kier molecular flexibility index (Phi) is 9.39. The summed E-state index contributed by atoms with van der Waals surface area (Å²) in [5, 5.41) is 9.00. The van der Waals surface area contributed by atoms with Crippen LogP contribution in [0.4, 0.5) is 0 Å². The van der Waals surface area contributed by atoms with E-state index in [0.717, 1.165) is 5.56 Å². The van der Waals surface area contributed by atoms with Gasteiger partial charge in [-0.25, -0.2) is 13.9 Å². The normalized spacial score (nSPS) is 16.0. The molecule has 0 aromatic heterocycles. The highest BCUT2D eigenvalue weighted by Crippen LogP contribution is 2.23. The molecular formula is C23H31N3O4S. The van der Waals surface area contributed by atoms with Gasteiger partial charge in [0.2, 0.25) is 10.0 Å². The van der Waals surface area contributed by atoms with Crippen LogP contribution in [0, 0.1) is 13.8 Å². The molecule has 0 bridgehead atoms. The number of carbonyl (C=O) groups is 1. The van der Waals surface area contributed by atoms with Crippen LogP contribution in [0.1, 0.15) is 22.7 Å². The van der Waals surface area contributed by atoms with Crippen LogP contribution in [0.2, 0.25) is 0 Å². The SMILES string of the molecule is C=CCS(=O)(=O)N1CCN(C(C(=O)NO)c2ccccc2)CC1.Cc1ccc(C)cc1. The molecular weight excluding hydrogens is 414 g/mol. The molecule has 1 aliphatic heterocycles. The molecule has 31 heavy (non-hydrogen) atoms. The van der Waals surface area contributed by atoms with Gasteiger partial charge in [-0.3, -0.25) is 14.9 Å². The molecule has 2 aromatic carbocycles. The molecule has 3 rings (SSSR count). The summed E-state index contributed by atoms with van der Waals surface area (Å²) in [5.41, 5.74) is 5.11. The van der Waals surface area contributed by atoms with Crippen LogP contribution >= 0.6 is 0 Å². The number of aryl methyl sites for hydroxylation is 2. The third kappa shape index (κ3) is 7.29. The molecule has 0 aliphatic carbocycles. The average Bonchev–Trinajstić information content (AvgIpc) is 2.77. The predicted molar refractivity (Wildman–Crippen MR) is 122 cm³/mol. The summed E-state index contributed by atoms with van der Waals surface area (Å²) in [6.45, 7) is 9.07. The molecule has 0 radical (unpaired) electrons. The Hall–Kier alpha value is -2.52. The second kappa shape index (κ2) is 11.8. The van der Waals surface area contributed by atoms with E-state index in [1.54, 1.807) is 17.6 Å². The first-order chi connectivity index (χ1) is 14.8. The highest BCUT2D eigenvalue weighted by molar-refractivity contribution is 7.89. The van der Waals surface area contributed by atoms with E-state index in [1.165, 1.54) is 21.5 Å². The van der Waals surface area contributed by atoms with Gasteiger partial charge in [-0.15, -0.1) is 6.58 Å². The zero-order valence-electron chi connectivity index (χ0n) is 18.1. The monoisotopic (exact) mass is 445 g/mol. The first kappa shape index (κ1) is 24.7. The summed E-state index contributed by atoms with van der Waals surface area (Å²) in [7, 11) is -3.33. The quantitative estimate of drug-likeness (QED) is 0.405. The fourth-order valence-corrected chi connectivity index (χ4v) is 4.58.